The summed E-state index contributed by atoms with van der Waals surface area (Å²) in [7, 11) is 0. The standard InChI is InChI=1S/C22H29N5O2/c1-17(28)26-12-14-27(15-13-26)21-10-9-20(24-16-21)8-6-18-2-4-19(5-3-18)7-11-22(29)25-23/h2-5,9-10,16H,6-8,11-15,23H2,1H3,(H,25,29). The number of carbonyl (C=O) groups is 2. The number of hydrogen-bond acceptors (Lipinski definition) is 5. The van der Waals surface area contributed by atoms with Crippen molar-refractivity contribution in [2.45, 2.75) is 32.6 Å². The number of nitrogens with two attached hydrogens (primary N) is 1. The molecule has 29 heavy (non-hydrogen) atoms. The van der Waals surface area contributed by atoms with Crippen LogP contribution in [-0.4, -0.2) is 47.9 Å². The number of rotatable bonds is 7. The van der Waals surface area contributed by atoms with Crippen LogP contribution in [0.1, 0.15) is 30.2 Å². The summed E-state index contributed by atoms with van der Waals surface area (Å²) in [5.74, 6) is 5.10. The number of carbonyl (C=O) groups excluding carboxylic acids is 2. The van der Waals surface area contributed by atoms with Crippen LogP contribution in [0.2, 0.25) is 0 Å². The molecule has 1 aliphatic heterocycles. The highest BCUT2D eigenvalue weighted by Gasteiger charge is 2.18. The second-order valence-electron chi connectivity index (χ2n) is 7.38. The van der Waals surface area contributed by atoms with Crippen molar-refractivity contribution in [3.05, 3.63) is 59.4 Å². The number of benzene rings is 1. The molecule has 154 valence electrons. The summed E-state index contributed by atoms with van der Waals surface area (Å²) in [6.45, 7) is 4.85. The summed E-state index contributed by atoms with van der Waals surface area (Å²) in [5, 5.41) is 0. The predicted octanol–water partition coefficient (Wildman–Crippen LogP) is 1.46. The molecule has 3 rings (SSSR count). The van der Waals surface area contributed by atoms with Gasteiger partial charge in [-0.25, -0.2) is 5.84 Å². The summed E-state index contributed by atoms with van der Waals surface area (Å²) >= 11 is 0. The van der Waals surface area contributed by atoms with Crippen molar-refractivity contribution in [1.82, 2.24) is 15.3 Å². The third-order valence-electron chi connectivity index (χ3n) is 5.39. The van der Waals surface area contributed by atoms with Gasteiger partial charge >= 0.3 is 0 Å². The van der Waals surface area contributed by atoms with Crippen LogP contribution < -0.4 is 16.2 Å². The Bertz CT molecular complexity index is 812. The Kier molecular flexibility index (Phi) is 7.19. The van der Waals surface area contributed by atoms with Crippen LogP contribution in [0, 0.1) is 0 Å². The van der Waals surface area contributed by atoms with Crippen molar-refractivity contribution in [2.75, 3.05) is 31.1 Å². The van der Waals surface area contributed by atoms with Gasteiger partial charge in [-0.1, -0.05) is 24.3 Å². The number of nitrogens with one attached hydrogen (secondary N) is 1. The van der Waals surface area contributed by atoms with Crippen molar-refractivity contribution >= 4 is 17.5 Å². The molecule has 1 saturated heterocycles. The van der Waals surface area contributed by atoms with E-state index in [1.165, 1.54) is 5.56 Å². The van der Waals surface area contributed by atoms with Gasteiger partial charge in [0.25, 0.3) is 0 Å². The lowest BCUT2D eigenvalue weighted by Gasteiger charge is -2.35. The van der Waals surface area contributed by atoms with Crippen LogP contribution in [0.5, 0.6) is 0 Å². The summed E-state index contributed by atoms with van der Waals surface area (Å²) in [5.41, 5.74) is 6.72. The first-order chi connectivity index (χ1) is 14.0. The Hall–Kier alpha value is -2.93. The maximum Gasteiger partial charge on any atom is 0.234 e. The van der Waals surface area contributed by atoms with Crippen LogP contribution in [0.15, 0.2) is 42.6 Å². The summed E-state index contributed by atoms with van der Waals surface area (Å²) in [4.78, 5) is 31.4. The molecule has 1 aliphatic rings. The zero-order chi connectivity index (χ0) is 20.6. The number of hydrogen-bond donors (Lipinski definition) is 2. The third-order valence-corrected chi connectivity index (χ3v) is 5.39. The maximum absolute atomic E-state index is 11.4. The van der Waals surface area contributed by atoms with E-state index in [1.54, 1.807) is 6.92 Å². The Balaban J connectivity index is 1.46. The summed E-state index contributed by atoms with van der Waals surface area (Å²) in [6, 6.07) is 12.6. The largest absolute Gasteiger partial charge is 0.367 e. The van der Waals surface area contributed by atoms with E-state index in [1.807, 2.05) is 11.1 Å². The molecule has 0 unspecified atom stereocenters. The molecule has 1 fully saturated rings. The molecule has 0 atom stereocenters. The summed E-state index contributed by atoms with van der Waals surface area (Å²) in [6.07, 6.45) is 4.83. The SMILES string of the molecule is CC(=O)N1CCN(c2ccc(CCc3ccc(CCC(=O)NN)cc3)nc2)CC1. The van der Waals surface area contributed by atoms with E-state index >= 15 is 0 Å². The maximum atomic E-state index is 11.4. The average molecular weight is 396 g/mol. The Morgan fingerprint density at radius 3 is 2.17 bits per heavy atom. The normalized spacial score (nSPS) is 14.0. The van der Waals surface area contributed by atoms with E-state index in [-0.39, 0.29) is 11.8 Å². The van der Waals surface area contributed by atoms with Gasteiger partial charge in [0.2, 0.25) is 11.8 Å². The zero-order valence-electron chi connectivity index (χ0n) is 16.9. The molecule has 0 radical (unpaired) electrons. The molecule has 2 heterocycles. The van der Waals surface area contributed by atoms with Gasteiger partial charge in [-0.15, -0.1) is 0 Å². The van der Waals surface area contributed by atoms with E-state index < -0.39 is 0 Å². The number of amides is 2. The average Bonchev–Trinajstić information content (AvgIpc) is 2.77. The van der Waals surface area contributed by atoms with Gasteiger partial charge in [0.05, 0.1) is 11.9 Å². The molecular weight excluding hydrogens is 366 g/mol. The number of aromatic nitrogens is 1. The molecule has 2 amide bonds. The van der Waals surface area contributed by atoms with Crippen LogP contribution in [0.3, 0.4) is 0 Å². The monoisotopic (exact) mass is 395 g/mol. The minimum absolute atomic E-state index is 0.146. The van der Waals surface area contributed by atoms with Gasteiger partial charge in [-0.3, -0.25) is 20.0 Å². The minimum Gasteiger partial charge on any atom is -0.367 e. The molecular formula is C22H29N5O2. The molecule has 1 aromatic heterocycles. The van der Waals surface area contributed by atoms with E-state index in [0.717, 1.165) is 56.0 Å². The Morgan fingerprint density at radius 1 is 0.966 bits per heavy atom. The van der Waals surface area contributed by atoms with Gasteiger partial charge in [0.1, 0.15) is 0 Å². The fourth-order valence-corrected chi connectivity index (χ4v) is 3.51. The van der Waals surface area contributed by atoms with Crippen LogP contribution in [-0.2, 0) is 28.9 Å². The highest BCUT2D eigenvalue weighted by molar-refractivity contribution is 5.75. The number of nitrogens with zero attached hydrogens (tertiary/aromatic N) is 3. The van der Waals surface area contributed by atoms with E-state index in [9.17, 15) is 9.59 Å². The molecule has 0 bridgehead atoms. The van der Waals surface area contributed by atoms with E-state index in [0.29, 0.717) is 12.8 Å². The molecule has 7 heteroatoms. The number of hydrazine groups is 1. The third kappa shape index (κ3) is 6.02. The number of anilines is 1. The van der Waals surface area contributed by atoms with Crippen molar-refractivity contribution in [2.24, 2.45) is 5.84 Å². The van der Waals surface area contributed by atoms with Crippen LogP contribution in [0.25, 0.3) is 0 Å². The lowest BCUT2D eigenvalue weighted by atomic mass is 10.0. The first kappa shape index (κ1) is 20.8. The summed E-state index contributed by atoms with van der Waals surface area (Å²) < 4.78 is 0. The molecule has 3 N–H and O–H groups in total. The van der Waals surface area contributed by atoms with Gasteiger partial charge in [-0.05, 0) is 42.5 Å². The Labute approximate surface area is 171 Å². The predicted molar refractivity (Wildman–Crippen MR) is 113 cm³/mol. The highest BCUT2D eigenvalue weighted by atomic mass is 16.2. The topological polar surface area (TPSA) is 91.6 Å². The smallest absolute Gasteiger partial charge is 0.234 e. The van der Waals surface area contributed by atoms with E-state index in [2.05, 4.69) is 51.7 Å². The van der Waals surface area contributed by atoms with Crippen LogP contribution >= 0.6 is 0 Å². The van der Waals surface area contributed by atoms with Gasteiger partial charge in [0, 0.05) is 45.2 Å². The first-order valence-corrected chi connectivity index (χ1v) is 10.1. The first-order valence-electron chi connectivity index (χ1n) is 10.1. The number of pyridine rings is 1. The molecule has 7 nitrogen and oxygen atoms in total. The minimum atomic E-state index is -0.149. The molecule has 0 aliphatic carbocycles. The van der Waals surface area contributed by atoms with Crippen molar-refractivity contribution in [1.29, 1.82) is 0 Å². The lowest BCUT2D eigenvalue weighted by molar-refractivity contribution is -0.129. The number of aryl methyl sites for hydroxylation is 3. The van der Waals surface area contributed by atoms with Gasteiger partial charge in [0.15, 0.2) is 0 Å². The fourth-order valence-electron chi connectivity index (χ4n) is 3.51. The highest BCUT2D eigenvalue weighted by Crippen LogP contribution is 2.17. The van der Waals surface area contributed by atoms with Crippen molar-refractivity contribution in [3.8, 4) is 0 Å². The lowest BCUT2D eigenvalue weighted by Crippen LogP contribution is -2.48. The second-order valence-corrected chi connectivity index (χ2v) is 7.38. The molecule has 2 aromatic rings. The number of piperazine rings is 1. The fraction of sp³-hybridized carbons (Fsp3) is 0.409. The van der Waals surface area contributed by atoms with Crippen molar-refractivity contribution < 1.29 is 9.59 Å². The molecule has 0 spiro atoms. The molecule has 1 aromatic carbocycles. The zero-order valence-corrected chi connectivity index (χ0v) is 16.9. The van der Waals surface area contributed by atoms with Crippen LogP contribution in [0.4, 0.5) is 5.69 Å². The Morgan fingerprint density at radius 2 is 1.62 bits per heavy atom. The second kappa shape index (κ2) is 10.0. The van der Waals surface area contributed by atoms with Gasteiger partial charge in [-0.2, -0.15) is 0 Å². The van der Waals surface area contributed by atoms with Crippen molar-refractivity contribution in [3.63, 3.8) is 0 Å². The van der Waals surface area contributed by atoms with E-state index in [4.69, 9.17) is 5.84 Å². The quantitative estimate of drug-likeness (QED) is 0.421. The van der Waals surface area contributed by atoms with Gasteiger partial charge < -0.3 is 9.80 Å². The molecule has 0 saturated carbocycles.